The van der Waals surface area contributed by atoms with Gasteiger partial charge in [-0.25, -0.2) is 0 Å². The van der Waals surface area contributed by atoms with Crippen molar-refractivity contribution in [2.45, 2.75) is 52.2 Å². The number of ether oxygens (including phenoxy) is 3. The Hall–Kier alpha value is -2.07. The molecule has 2 atom stereocenters. The lowest BCUT2D eigenvalue weighted by Gasteiger charge is -2.50. The SMILES string of the molecule is CC(=O)OCC#CCC(C#N)(C#N)C1(C)CCC2(C[C@H]1C)OCCO2. The number of carbonyl (C=O) groups is 1. The van der Waals surface area contributed by atoms with Crippen LogP contribution in [0.4, 0.5) is 0 Å². The second-order valence-electron chi connectivity index (χ2n) is 7.07. The maximum atomic E-state index is 10.8. The highest BCUT2D eigenvalue weighted by atomic mass is 16.7. The smallest absolute Gasteiger partial charge is 0.303 e. The molecule has 0 aromatic rings. The fourth-order valence-electron chi connectivity index (χ4n) is 3.83. The van der Waals surface area contributed by atoms with Crippen molar-refractivity contribution in [1.29, 1.82) is 10.5 Å². The van der Waals surface area contributed by atoms with E-state index in [1.807, 2.05) is 13.8 Å². The fourth-order valence-corrected chi connectivity index (χ4v) is 3.83. The third kappa shape index (κ3) is 3.64. The zero-order chi connectivity index (χ0) is 18.6. The molecule has 0 aromatic carbocycles. The molecular formula is C19H24N2O4. The van der Waals surface area contributed by atoms with E-state index in [0.717, 1.165) is 0 Å². The van der Waals surface area contributed by atoms with E-state index in [-0.39, 0.29) is 18.9 Å². The molecule has 0 N–H and O–H groups in total. The van der Waals surface area contributed by atoms with Crippen LogP contribution in [-0.4, -0.2) is 31.6 Å². The van der Waals surface area contributed by atoms with E-state index >= 15 is 0 Å². The monoisotopic (exact) mass is 344 g/mol. The molecule has 1 unspecified atom stereocenters. The Balaban J connectivity index is 2.16. The Kier molecular flexibility index (Phi) is 5.73. The van der Waals surface area contributed by atoms with Gasteiger partial charge in [-0.15, -0.1) is 0 Å². The molecule has 25 heavy (non-hydrogen) atoms. The van der Waals surface area contributed by atoms with Crippen LogP contribution in [0.15, 0.2) is 0 Å². The molecule has 0 aromatic heterocycles. The summed E-state index contributed by atoms with van der Waals surface area (Å²) in [5.74, 6) is 4.67. The van der Waals surface area contributed by atoms with Crippen LogP contribution < -0.4 is 0 Å². The largest absolute Gasteiger partial charge is 0.453 e. The number of nitrogens with zero attached hydrogens (tertiary/aromatic N) is 2. The predicted octanol–water partition coefficient (Wildman–Crippen LogP) is 2.55. The van der Waals surface area contributed by atoms with E-state index < -0.39 is 22.6 Å². The Morgan fingerprint density at radius 2 is 1.88 bits per heavy atom. The average Bonchev–Trinajstić information content (AvgIpc) is 3.03. The van der Waals surface area contributed by atoms with Crippen LogP contribution >= 0.6 is 0 Å². The van der Waals surface area contributed by atoms with E-state index in [2.05, 4.69) is 24.0 Å². The highest BCUT2D eigenvalue weighted by Crippen LogP contribution is 2.57. The second-order valence-corrected chi connectivity index (χ2v) is 7.07. The number of nitriles is 2. The maximum absolute atomic E-state index is 10.8. The molecule has 1 heterocycles. The summed E-state index contributed by atoms with van der Waals surface area (Å²) in [4.78, 5) is 10.8. The molecule has 2 aliphatic rings. The van der Waals surface area contributed by atoms with E-state index in [1.54, 1.807) is 0 Å². The average molecular weight is 344 g/mol. The molecule has 2 fully saturated rings. The number of rotatable bonds is 3. The lowest BCUT2D eigenvalue weighted by atomic mass is 9.53. The van der Waals surface area contributed by atoms with Crippen LogP contribution in [0.2, 0.25) is 0 Å². The Labute approximate surface area is 149 Å². The molecular weight excluding hydrogens is 320 g/mol. The normalized spacial score (nSPS) is 27.6. The molecule has 1 aliphatic heterocycles. The molecule has 0 bridgehead atoms. The van der Waals surface area contributed by atoms with Crippen LogP contribution in [0.5, 0.6) is 0 Å². The zero-order valence-corrected chi connectivity index (χ0v) is 15.1. The van der Waals surface area contributed by atoms with Crippen molar-refractivity contribution in [3.63, 3.8) is 0 Å². The molecule has 0 radical (unpaired) electrons. The van der Waals surface area contributed by atoms with Gasteiger partial charge >= 0.3 is 5.97 Å². The third-order valence-electron chi connectivity index (χ3n) is 5.73. The minimum absolute atomic E-state index is 0.0284. The lowest BCUT2D eigenvalue weighted by molar-refractivity contribution is -0.211. The standard InChI is InChI=1S/C19H24N2O4/c1-15-12-19(24-10-11-25-19)8-7-17(15,3)18(13-20,14-21)6-4-5-9-23-16(2)22/h15H,6-12H2,1-3H3/t15-,17?/m1/s1. The van der Waals surface area contributed by atoms with Crippen LogP contribution in [0, 0.1) is 51.3 Å². The summed E-state index contributed by atoms with van der Waals surface area (Å²) >= 11 is 0. The van der Waals surface area contributed by atoms with Gasteiger partial charge in [0.2, 0.25) is 0 Å². The molecule has 134 valence electrons. The molecule has 1 spiro atoms. The molecule has 1 saturated heterocycles. The summed E-state index contributed by atoms with van der Waals surface area (Å²) in [5.41, 5.74) is -1.75. The number of hydrogen-bond donors (Lipinski definition) is 0. The van der Waals surface area contributed by atoms with Gasteiger partial charge in [0.15, 0.2) is 17.8 Å². The van der Waals surface area contributed by atoms with E-state index in [4.69, 9.17) is 14.2 Å². The van der Waals surface area contributed by atoms with E-state index in [0.29, 0.717) is 32.5 Å². The summed E-state index contributed by atoms with van der Waals surface area (Å²) in [6.45, 7) is 6.49. The van der Waals surface area contributed by atoms with Crippen molar-refractivity contribution in [2.24, 2.45) is 16.7 Å². The van der Waals surface area contributed by atoms with Gasteiger partial charge in [0.05, 0.1) is 25.4 Å². The van der Waals surface area contributed by atoms with Gasteiger partial charge in [-0.1, -0.05) is 25.7 Å². The Bertz CT molecular complexity index is 644. The number of esters is 1. The fraction of sp³-hybridized carbons (Fsp3) is 0.737. The van der Waals surface area contributed by atoms with Crippen LogP contribution in [-0.2, 0) is 19.0 Å². The Morgan fingerprint density at radius 1 is 1.24 bits per heavy atom. The second kappa shape index (κ2) is 7.44. The first-order valence-electron chi connectivity index (χ1n) is 8.53. The first-order chi connectivity index (χ1) is 11.8. The van der Waals surface area contributed by atoms with Gasteiger partial charge in [0, 0.05) is 31.6 Å². The summed E-state index contributed by atoms with van der Waals surface area (Å²) in [7, 11) is 0. The van der Waals surface area contributed by atoms with Crippen molar-refractivity contribution < 1.29 is 19.0 Å². The van der Waals surface area contributed by atoms with Gasteiger partial charge in [0.1, 0.15) is 0 Å². The first kappa shape index (κ1) is 19.3. The minimum Gasteiger partial charge on any atom is -0.453 e. The van der Waals surface area contributed by atoms with E-state index in [1.165, 1.54) is 6.92 Å². The Morgan fingerprint density at radius 3 is 2.40 bits per heavy atom. The van der Waals surface area contributed by atoms with Crippen LogP contribution in [0.3, 0.4) is 0 Å². The number of hydrogen-bond acceptors (Lipinski definition) is 6. The van der Waals surface area contributed by atoms with Crippen molar-refractivity contribution >= 4 is 5.97 Å². The molecule has 6 nitrogen and oxygen atoms in total. The minimum atomic E-state index is -1.23. The molecule has 2 rings (SSSR count). The van der Waals surface area contributed by atoms with Gasteiger partial charge < -0.3 is 14.2 Å². The summed E-state index contributed by atoms with van der Waals surface area (Å²) in [5, 5.41) is 19.7. The summed E-state index contributed by atoms with van der Waals surface area (Å²) in [6, 6.07) is 4.46. The third-order valence-corrected chi connectivity index (χ3v) is 5.73. The highest BCUT2D eigenvalue weighted by Gasteiger charge is 2.58. The summed E-state index contributed by atoms with van der Waals surface area (Å²) in [6.07, 6.45) is 2.10. The van der Waals surface area contributed by atoms with Gasteiger partial charge in [-0.3, -0.25) is 4.79 Å². The molecule has 0 amide bonds. The number of carbonyl (C=O) groups excluding carboxylic acids is 1. The quantitative estimate of drug-likeness (QED) is 0.577. The van der Waals surface area contributed by atoms with Crippen LogP contribution in [0.25, 0.3) is 0 Å². The zero-order valence-electron chi connectivity index (χ0n) is 15.1. The molecule has 1 aliphatic carbocycles. The highest BCUT2D eigenvalue weighted by molar-refractivity contribution is 5.66. The maximum Gasteiger partial charge on any atom is 0.303 e. The van der Waals surface area contributed by atoms with Crippen LogP contribution in [0.1, 0.15) is 46.5 Å². The van der Waals surface area contributed by atoms with Gasteiger partial charge in [-0.2, -0.15) is 10.5 Å². The van der Waals surface area contributed by atoms with E-state index in [9.17, 15) is 15.3 Å². The molecule has 1 saturated carbocycles. The topological polar surface area (TPSA) is 92.3 Å². The van der Waals surface area contributed by atoms with Crippen molar-refractivity contribution in [2.75, 3.05) is 19.8 Å². The first-order valence-corrected chi connectivity index (χ1v) is 8.53. The summed E-state index contributed by atoms with van der Waals surface area (Å²) < 4.78 is 16.4. The molecule has 6 heteroatoms. The van der Waals surface area contributed by atoms with Crippen molar-refractivity contribution in [3.05, 3.63) is 0 Å². The van der Waals surface area contributed by atoms with Crippen molar-refractivity contribution in [3.8, 4) is 24.0 Å². The van der Waals surface area contributed by atoms with Gasteiger partial charge in [0.25, 0.3) is 0 Å². The van der Waals surface area contributed by atoms with Gasteiger partial charge in [-0.05, 0) is 12.3 Å². The predicted molar refractivity (Wildman–Crippen MR) is 88.4 cm³/mol. The lowest BCUT2D eigenvalue weighted by Crippen LogP contribution is -2.51. The van der Waals surface area contributed by atoms with Crippen molar-refractivity contribution in [1.82, 2.24) is 0 Å².